The number of nitrogens with zero attached hydrogens (tertiary/aromatic N) is 2. The van der Waals surface area contributed by atoms with Crippen molar-refractivity contribution in [3.8, 4) is 0 Å². The summed E-state index contributed by atoms with van der Waals surface area (Å²) >= 11 is 0. The zero-order chi connectivity index (χ0) is 21.7. The summed E-state index contributed by atoms with van der Waals surface area (Å²) in [4.78, 5) is 18.0. The average molecular weight is 431 g/mol. The molecule has 0 spiro atoms. The molecule has 1 aliphatic heterocycles. The maximum Gasteiger partial charge on any atom is 0.262 e. The Hall–Kier alpha value is -3.33. The molecule has 0 fully saturated rings. The van der Waals surface area contributed by atoms with Crippen molar-refractivity contribution < 1.29 is 22.0 Å². The summed E-state index contributed by atoms with van der Waals surface area (Å²) in [5.74, 6) is -2.58. The van der Waals surface area contributed by atoms with Crippen LogP contribution in [0.1, 0.15) is 15.9 Å². The first-order chi connectivity index (χ1) is 14.3. The summed E-state index contributed by atoms with van der Waals surface area (Å²) in [6, 6.07) is 9.13. The molecule has 0 saturated heterocycles. The zero-order valence-corrected chi connectivity index (χ0v) is 16.9. The van der Waals surface area contributed by atoms with Gasteiger partial charge in [0, 0.05) is 25.5 Å². The molecule has 1 N–H and O–H groups in total. The summed E-state index contributed by atoms with van der Waals surface area (Å²) < 4.78 is 54.8. The number of nitrogens with one attached hydrogen (secondary N) is 1. The fourth-order valence-electron chi connectivity index (χ4n) is 2.84. The van der Waals surface area contributed by atoms with Crippen LogP contribution in [0.15, 0.2) is 76.3 Å². The van der Waals surface area contributed by atoms with Crippen molar-refractivity contribution in [1.82, 2.24) is 9.62 Å². The topological polar surface area (TPSA) is 78.8 Å². The number of aliphatic imine (C=N–C) groups is 1. The molecule has 3 rings (SSSR count). The van der Waals surface area contributed by atoms with E-state index in [1.807, 2.05) is 0 Å². The largest absolute Gasteiger partial charge is 0.337 e. The maximum atomic E-state index is 13.4. The fraction of sp³-hybridized carbons (Fsp3) is 0.143. The monoisotopic (exact) mass is 431 g/mol. The van der Waals surface area contributed by atoms with Crippen LogP contribution in [0.25, 0.3) is 0 Å². The molecule has 0 aliphatic carbocycles. The molecule has 1 heterocycles. The summed E-state index contributed by atoms with van der Waals surface area (Å²) in [5.41, 5.74) is 0.673. The molecule has 2 aromatic rings. The molecule has 0 aromatic heterocycles. The number of sulfonamides is 1. The molecular formula is C21H19F2N3O3S. The first kappa shape index (κ1) is 21.4. The minimum absolute atomic E-state index is 0.0247. The Bertz CT molecular complexity index is 1160. The summed E-state index contributed by atoms with van der Waals surface area (Å²) in [5, 5.41) is 0. The highest BCUT2D eigenvalue weighted by atomic mass is 32.2. The van der Waals surface area contributed by atoms with Gasteiger partial charge in [-0.15, -0.1) is 0 Å². The van der Waals surface area contributed by atoms with Crippen LogP contribution < -0.4 is 4.72 Å². The second-order valence-electron chi connectivity index (χ2n) is 6.54. The van der Waals surface area contributed by atoms with Crippen LogP contribution in [0.2, 0.25) is 0 Å². The number of rotatable bonds is 6. The van der Waals surface area contributed by atoms with E-state index in [-0.39, 0.29) is 17.0 Å². The number of carbonyl (C=O) groups is 1. The van der Waals surface area contributed by atoms with Crippen molar-refractivity contribution in [2.75, 3.05) is 13.6 Å². The van der Waals surface area contributed by atoms with E-state index in [0.29, 0.717) is 17.8 Å². The third kappa shape index (κ3) is 4.98. The molecular weight excluding hydrogens is 412 g/mol. The highest BCUT2D eigenvalue weighted by Crippen LogP contribution is 2.20. The van der Waals surface area contributed by atoms with Gasteiger partial charge in [-0.05, 0) is 48.1 Å². The third-order valence-corrected chi connectivity index (χ3v) is 5.73. The van der Waals surface area contributed by atoms with Crippen molar-refractivity contribution in [3.05, 3.63) is 89.2 Å². The smallest absolute Gasteiger partial charge is 0.262 e. The van der Waals surface area contributed by atoms with Gasteiger partial charge in [-0.25, -0.2) is 17.2 Å². The molecule has 0 radical (unpaired) electrons. The Morgan fingerprint density at radius 3 is 2.70 bits per heavy atom. The van der Waals surface area contributed by atoms with E-state index in [9.17, 15) is 22.0 Å². The molecule has 1 aliphatic rings. The number of halogens is 2. The number of amides is 1. The van der Waals surface area contributed by atoms with E-state index in [1.165, 1.54) is 36.2 Å². The van der Waals surface area contributed by atoms with E-state index >= 15 is 0 Å². The average Bonchev–Trinajstić information content (AvgIpc) is 2.98. The van der Waals surface area contributed by atoms with Crippen LogP contribution in [-0.2, 0) is 16.6 Å². The zero-order valence-electron chi connectivity index (χ0n) is 16.0. The molecule has 9 heteroatoms. The Labute approximate surface area is 173 Å². The lowest BCUT2D eigenvalue weighted by Gasteiger charge is -2.19. The molecule has 156 valence electrons. The third-order valence-electron chi connectivity index (χ3n) is 4.29. The van der Waals surface area contributed by atoms with Crippen LogP contribution in [0, 0.1) is 11.6 Å². The van der Waals surface area contributed by atoms with E-state index in [2.05, 4.69) is 9.71 Å². The predicted octanol–water partition coefficient (Wildman–Crippen LogP) is 3.04. The lowest BCUT2D eigenvalue weighted by molar-refractivity contribution is 0.0781. The van der Waals surface area contributed by atoms with Gasteiger partial charge in [-0.1, -0.05) is 18.2 Å². The van der Waals surface area contributed by atoms with Crippen LogP contribution in [0.5, 0.6) is 0 Å². The second-order valence-corrected chi connectivity index (χ2v) is 8.19. The van der Waals surface area contributed by atoms with Gasteiger partial charge >= 0.3 is 0 Å². The molecule has 30 heavy (non-hydrogen) atoms. The summed E-state index contributed by atoms with van der Waals surface area (Å²) in [6.07, 6.45) is 6.33. The molecule has 0 bridgehead atoms. The molecule has 1 amide bonds. The van der Waals surface area contributed by atoms with Gasteiger partial charge in [-0.2, -0.15) is 0 Å². The Morgan fingerprint density at radius 2 is 1.93 bits per heavy atom. The molecule has 6 nitrogen and oxygen atoms in total. The Kier molecular flexibility index (Phi) is 6.41. The van der Waals surface area contributed by atoms with Gasteiger partial charge in [0.05, 0.1) is 12.1 Å². The van der Waals surface area contributed by atoms with Crippen molar-refractivity contribution in [3.63, 3.8) is 0 Å². The number of hydrogen-bond donors (Lipinski definition) is 1. The van der Waals surface area contributed by atoms with Gasteiger partial charge in [0.25, 0.3) is 15.9 Å². The maximum absolute atomic E-state index is 13.4. The Morgan fingerprint density at radius 1 is 1.17 bits per heavy atom. The molecule has 0 unspecified atom stereocenters. The van der Waals surface area contributed by atoms with Gasteiger partial charge in [0.1, 0.15) is 4.90 Å². The second kappa shape index (κ2) is 9.00. The number of carbonyl (C=O) groups excluding carboxylic acids is 1. The van der Waals surface area contributed by atoms with Crippen LogP contribution >= 0.6 is 0 Å². The normalized spacial score (nSPS) is 13.5. The van der Waals surface area contributed by atoms with E-state index in [4.69, 9.17) is 0 Å². The minimum Gasteiger partial charge on any atom is -0.337 e. The van der Waals surface area contributed by atoms with Crippen molar-refractivity contribution in [1.29, 1.82) is 0 Å². The number of allylic oxidation sites excluding steroid dienone is 2. The van der Waals surface area contributed by atoms with Crippen molar-refractivity contribution >= 4 is 22.1 Å². The predicted molar refractivity (Wildman–Crippen MR) is 110 cm³/mol. The van der Waals surface area contributed by atoms with Crippen molar-refractivity contribution in [2.45, 2.75) is 11.4 Å². The van der Waals surface area contributed by atoms with E-state index in [1.54, 1.807) is 30.5 Å². The lowest BCUT2D eigenvalue weighted by atomic mass is 10.1. The SMILES string of the molecule is CN(Cc1ccc(F)c(F)c1)C(=O)c1ccccc1S(=O)(=O)NC1=CCN=CC=C1. The van der Waals surface area contributed by atoms with Crippen LogP contribution in [-0.4, -0.2) is 39.0 Å². The van der Waals surface area contributed by atoms with Crippen molar-refractivity contribution in [2.24, 2.45) is 4.99 Å². The number of benzene rings is 2. The standard InChI is InChI=1S/C21H19F2N3O3S/c1-26(14-15-8-9-18(22)19(23)13-15)21(27)17-6-2-3-7-20(17)30(28,29)25-16-5-4-11-24-12-10-16/h2-11,13,25H,12,14H2,1H3. The van der Waals surface area contributed by atoms with Gasteiger partial charge in [-0.3, -0.25) is 14.5 Å². The van der Waals surface area contributed by atoms with Gasteiger partial charge in [0.15, 0.2) is 11.6 Å². The summed E-state index contributed by atoms with van der Waals surface area (Å²) in [6.45, 7) is 0.297. The first-order valence-corrected chi connectivity index (χ1v) is 10.4. The summed E-state index contributed by atoms with van der Waals surface area (Å²) in [7, 11) is -2.60. The quantitative estimate of drug-likeness (QED) is 0.764. The first-order valence-electron chi connectivity index (χ1n) is 8.96. The van der Waals surface area contributed by atoms with Gasteiger partial charge < -0.3 is 4.90 Å². The number of hydrogen-bond acceptors (Lipinski definition) is 4. The molecule has 0 atom stereocenters. The molecule has 0 saturated carbocycles. The van der Waals surface area contributed by atoms with Crippen LogP contribution in [0.3, 0.4) is 0 Å². The minimum atomic E-state index is -4.05. The highest BCUT2D eigenvalue weighted by Gasteiger charge is 2.24. The highest BCUT2D eigenvalue weighted by molar-refractivity contribution is 7.89. The Balaban J connectivity index is 1.85. The van der Waals surface area contributed by atoms with E-state index in [0.717, 1.165) is 12.1 Å². The van der Waals surface area contributed by atoms with Crippen LogP contribution in [0.4, 0.5) is 8.78 Å². The van der Waals surface area contributed by atoms with E-state index < -0.39 is 27.6 Å². The lowest BCUT2D eigenvalue weighted by Crippen LogP contribution is -2.30. The molecule has 2 aromatic carbocycles. The van der Waals surface area contributed by atoms with Gasteiger partial charge in [0.2, 0.25) is 0 Å². The fourth-order valence-corrected chi connectivity index (χ4v) is 4.11.